The molecular weight excluding hydrogens is 805 g/mol. The van der Waals surface area contributed by atoms with Crippen LogP contribution in [0.4, 0.5) is 0 Å². The van der Waals surface area contributed by atoms with E-state index in [2.05, 4.69) is 61.3 Å². The van der Waals surface area contributed by atoms with Crippen LogP contribution < -0.4 is 38.1 Å². The number of H-pyrrole nitrogens is 1. The van der Waals surface area contributed by atoms with Gasteiger partial charge in [0.05, 0.1) is 18.5 Å². The highest BCUT2D eigenvalue weighted by molar-refractivity contribution is 7.80. The highest BCUT2D eigenvalue weighted by atomic mass is 32.1. The molecule has 0 saturated carbocycles. The van der Waals surface area contributed by atoms with Gasteiger partial charge in [0.15, 0.2) is 0 Å². The number of thiol groups is 1. The molecule has 0 radical (unpaired) electrons. The molecule has 7 unspecified atom stereocenters. The summed E-state index contributed by atoms with van der Waals surface area (Å²) < 4.78 is 6.22. The second-order valence-electron chi connectivity index (χ2n) is 16.0. The van der Waals surface area contributed by atoms with Gasteiger partial charge in [-0.3, -0.25) is 33.6 Å². The largest absolute Gasteiger partial charge is 0.376 e. The van der Waals surface area contributed by atoms with Crippen molar-refractivity contribution >= 4 is 54.0 Å². The number of amides is 7. The summed E-state index contributed by atoms with van der Waals surface area (Å²) in [6, 6.07) is 4.22. The fourth-order valence-corrected chi connectivity index (χ4v) is 6.94. The number of benzene rings is 1. The number of unbranched alkanes of at least 4 members (excludes halogenated alkanes) is 3. The van der Waals surface area contributed by atoms with Gasteiger partial charge >= 0.3 is 0 Å². The molecule has 1 fully saturated rings. The van der Waals surface area contributed by atoms with Gasteiger partial charge in [0.2, 0.25) is 41.4 Å². The average molecular weight is 871 g/mol. The lowest BCUT2D eigenvalue weighted by Crippen LogP contribution is -2.59. The maximum absolute atomic E-state index is 14.2. The smallest absolute Gasteiger partial charge is 0.243 e. The highest BCUT2D eigenvalue weighted by Crippen LogP contribution is 2.24. The van der Waals surface area contributed by atoms with Crippen LogP contribution in [0.2, 0.25) is 0 Å². The topological polar surface area (TPSA) is 273 Å². The van der Waals surface area contributed by atoms with E-state index in [1.807, 2.05) is 32.0 Å². The number of primary amides is 1. The Morgan fingerprint density at radius 2 is 1.57 bits per heavy atom. The van der Waals surface area contributed by atoms with Crippen molar-refractivity contribution in [1.82, 2.24) is 41.5 Å². The number of aromatic amines is 1. The average Bonchev–Trinajstić information content (AvgIpc) is 3.91. The van der Waals surface area contributed by atoms with Crippen LogP contribution in [0.3, 0.4) is 0 Å². The van der Waals surface area contributed by atoms with Crippen molar-refractivity contribution < 1.29 is 38.3 Å². The van der Waals surface area contributed by atoms with Gasteiger partial charge in [-0.2, -0.15) is 12.6 Å². The Labute approximate surface area is 364 Å². The molecule has 7 atom stereocenters. The molecule has 7 amide bonds. The van der Waals surface area contributed by atoms with Crippen molar-refractivity contribution in [3.8, 4) is 0 Å². The molecule has 19 heteroatoms. The lowest BCUT2D eigenvalue weighted by Gasteiger charge is -2.28. The summed E-state index contributed by atoms with van der Waals surface area (Å²) in [5.74, 6) is -3.57. The second kappa shape index (κ2) is 26.4. The number of aromatic nitrogens is 2. The Bertz CT molecular complexity index is 1720. The molecule has 18 nitrogen and oxygen atoms in total. The van der Waals surface area contributed by atoms with Crippen LogP contribution >= 0.6 is 12.6 Å². The van der Waals surface area contributed by atoms with Crippen molar-refractivity contribution in [2.75, 3.05) is 25.4 Å². The van der Waals surface area contributed by atoms with E-state index in [9.17, 15) is 33.6 Å². The third-order valence-corrected chi connectivity index (χ3v) is 10.7. The first-order chi connectivity index (χ1) is 29.1. The van der Waals surface area contributed by atoms with E-state index in [1.54, 1.807) is 0 Å². The SMILES string of the molecule is CC(C)CC(NC(=O)C1CC(OCCCCc2ccccc2)CN1C(=O)CCCCCNC(=O)C(N)CS)C(=O)NC(Cc1cnc[nH]1)C(=O)NC(C)C(=O)NC(C)C(N)=O. The molecule has 3 rings (SSSR count). The summed E-state index contributed by atoms with van der Waals surface area (Å²) >= 11 is 4.05. The number of rotatable bonds is 27. The Balaban J connectivity index is 1.70. The molecule has 1 aliphatic heterocycles. The maximum Gasteiger partial charge on any atom is 0.243 e. The van der Waals surface area contributed by atoms with E-state index in [0.717, 1.165) is 19.3 Å². The number of aryl methyl sites for hydroxylation is 1. The van der Waals surface area contributed by atoms with Crippen molar-refractivity contribution in [1.29, 1.82) is 0 Å². The van der Waals surface area contributed by atoms with Gasteiger partial charge in [0.25, 0.3) is 0 Å². The summed E-state index contributed by atoms with van der Waals surface area (Å²) in [6.07, 6.45) is 7.60. The number of nitrogens with two attached hydrogens (primary N) is 2. The minimum Gasteiger partial charge on any atom is -0.376 e. The molecule has 338 valence electrons. The molecule has 1 aliphatic rings. The number of nitrogens with zero attached hydrogens (tertiary/aromatic N) is 2. The molecule has 0 bridgehead atoms. The van der Waals surface area contributed by atoms with E-state index in [-0.39, 0.29) is 55.7 Å². The zero-order chi connectivity index (χ0) is 44.9. The Kier molecular flexibility index (Phi) is 21.8. The minimum atomic E-state index is -1.19. The first-order valence-corrected chi connectivity index (χ1v) is 21.8. The first kappa shape index (κ1) is 50.3. The summed E-state index contributed by atoms with van der Waals surface area (Å²) in [7, 11) is 0. The molecule has 1 saturated heterocycles. The van der Waals surface area contributed by atoms with Gasteiger partial charge in [-0.15, -0.1) is 0 Å². The van der Waals surface area contributed by atoms with Gasteiger partial charge in [-0.25, -0.2) is 4.98 Å². The van der Waals surface area contributed by atoms with Gasteiger partial charge in [0.1, 0.15) is 30.2 Å². The summed E-state index contributed by atoms with van der Waals surface area (Å²) in [5.41, 5.74) is 12.7. The molecule has 2 heterocycles. The van der Waals surface area contributed by atoms with Crippen LogP contribution in [0, 0.1) is 5.92 Å². The molecule has 2 aromatic rings. The van der Waals surface area contributed by atoms with Crippen molar-refractivity contribution in [2.45, 2.75) is 134 Å². The third-order valence-electron chi connectivity index (χ3n) is 10.3. The van der Waals surface area contributed by atoms with E-state index >= 15 is 0 Å². The van der Waals surface area contributed by atoms with Gasteiger partial charge < -0.3 is 52.7 Å². The van der Waals surface area contributed by atoms with Gasteiger partial charge in [0, 0.05) is 56.6 Å². The second-order valence-corrected chi connectivity index (χ2v) is 16.4. The summed E-state index contributed by atoms with van der Waals surface area (Å²) in [4.78, 5) is 100. The normalized spacial score (nSPS) is 17.4. The Morgan fingerprint density at radius 1 is 0.869 bits per heavy atom. The fourth-order valence-electron chi connectivity index (χ4n) is 6.77. The Morgan fingerprint density at radius 3 is 2.23 bits per heavy atom. The van der Waals surface area contributed by atoms with E-state index in [4.69, 9.17) is 16.2 Å². The number of imidazole rings is 1. The van der Waals surface area contributed by atoms with Crippen molar-refractivity contribution in [2.24, 2.45) is 17.4 Å². The maximum atomic E-state index is 14.2. The van der Waals surface area contributed by atoms with Crippen molar-refractivity contribution in [3.05, 3.63) is 54.1 Å². The van der Waals surface area contributed by atoms with E-state index in [1.165, 1.54) is 36.8 Å². The fraction of sp³-hybridized carbons (Fsp3) is 0.619. The van der Waals surface area contributed by atoms with Crippen LogP contribution in [-0.2, 0) is 51.1 Å². The van der Waals surface area contributed by atoms with Crippen LogP contribution in [-0.4, -0.2) is 124 Å². The molecule has 0 spiro atoms. The number of nitrogens with one attached hydrogen (secondary N) is 6. The van der Waals surface area contributed by atoms with Crippen LogP contribution in [0.25, 0.3) is 0 Å². The number of carbonyl (C=O) groups excluding carboxylic acids is 7. The third kappa shape index (κ3) is 17.9. The number of carbonyl (C=O) groups is 7. The van der Waals surface area contributed by atoms with E-state index in [0.29, 0.717) is 38.1 Å². The number of hydrogen-bond donors (Lipinski definition) is 9. The lowest BCUT2D eigenvalue weighted by atomic mass is 10.0. The molecular formula is C42H66N10O8S. The van der Waals surface area contributed by atoms with Crippen LogP contribution in [0.1, 0.15) is 90.3 Å². The molecule has 61 heavy (non-hydrogen) atoms. The Hall–Kier alpha value is -5.01. The zero-order valence-corrected chi connectivity index (χ0v) is 36.7. The zero-order valence-electron chi connectivity index (χ0n) is 35.8. The molecule has 0 aliphatic carbocycles. The van der Waals surface area contributed by atoms with Gasteiger partial charge in [-0.1, -0.05) is 50.6 Å². The number of ether oxygens (including phenoxy) is 1. The minimum absolute atomic E-state index is 0.0171. The van der Waals surface area contributed by atoms with Crippen LogP contribution in [0.5, 0.6) is 0 Å². The number of likely N-dealkylation sites (tertiary alicyclic amines) is 1. The molecule has 1 aromatic carbocycles. The standard InChI is InChI=1S/C42H66N10O8S/c1-26(2)19-33(41(58)50-34(20-30-22-45-25-47-30)40(57)49-28(4)38(55)48-27(3)37(44)54)51-42(59)35-21-31(60-18-12-10-15-29-13-7-5-8-14-29)23-52(35)36(53)16-9-6-11-17-46-39(56)32(43)24-61/h5,7-8,13-14,22,25-28,31-35,61H,6,9-12,15-21,23-24,43H2,1-4H3,(H2,44,54)(H,45,47)(H,46,56)(H,48,55)(H,49,57)(H,50,58)(H,51,59). The highest BCUT2D eigenvalue weighted by Gasteiger charge is 2.41. The first-order valence-electron chi connectivity index (χ1n) is 21.2. The predicted molar refractivity (Wildman–Crippen MR) is 233 cm³/mol. The predicted octanol–water partition coefficient (Wildman–Crippen LogP) is 0.405. The van der Waals surface area contributed by atoms with E-state index < -0.39 is 71.9 Å². The summed E-state index contributed by atoms with van der Waals surface area (Å²) in [5, 5.41) is 13.4. The molecule has 1 aromatic heterocycles. The van der Waals surface area contributed by atoms with Gasteiger partial charge in [-0.05, 0) is 63.9 Å². The quantitative estimate of drug-likeness (QED) is 0.0441. The summed E-state index contributed by atoms with van der Waals surface area (Å²) in [6.45, 7) is 7.71. The monoisotopic (exact) mass is 870 g/mol. The number of hydrogen-bond acceptors (Lipinski definition) is 11. The van der Waals surface area contributed by atoms with Crippen molar-refractivity contribution in [3.63, 3.8) is 0 Å². The van der Waals surface area contributed by atoms with Crippen LogP contribution in [0.15, 0.2) is 42.9 Å². The lowest BCUT2D eigenvalue weighted by molar-refractivity contribution is -0.140. The molecule has 10 N–H and O–H groups in total.